The van der Waals surface area contributed by atoms with Gasteiger partial charge in [0.15, 0.2) is 0 Å². The molecule has 1 saturated carbocycles. The van der Waals surface area contributed by atoms with Gasteiger partial charge in [0.25, 0.3) is 0 Å². The van der Waals surface area contributed by atoms with E-state index in [9.17, 15) is 14.4 Å². The first kappa shape index (κ1) is 21.9. The van der Waals surface area contributed by atoms with Crippen molar-refractivity contribution in [2.45, 2.75) is 37.6 Å². The minimum absolute atomic E-state index is 0.00121. The maximum absolute atomic E-state index is 12.3. The van der Waals surface area contributed by atoms with Crippen LogP contribution in [0, 0.1) is 5.92 Å². The highest BCUT2D eigenvalue weighted by atomic mass is 16.5. The third kappa shape index (κ3) is 4.47. The van der Waals surface area contributed by atoms with E-state index in [0.717, 1.165) is 11.1 Å². The number of carbonyl (C=O) groups excluding carboxylic acids is 2. The molecule has 32 heavy (non-hydrogen) atoms. The predicted molar refractivity (Wildman–Crippen MR) is 119 cm³/mol. The summed E-state index contributed by atoms with van der Waals surface area (Å²) in [6.45, 7) is 0.604. The predicted octanol–water partition coefficient (Wildman–Crippen LogP) is 3.63. The molecule has 0 spiro atoms. The Balaban J connectivity index is 1.19. The van der Waals surface area contributed by atoms with Crippen molar-refractivity contribution >= 4 is 18.0 Å². The Morgan fingerprint density at radius 1 is 1.03 bits per heavy atom. The molecule has 2 aromatic rings. The number of fused-ring (bicyclic) bond motifs is 3. The van der Waals surface area contributed by atoms with Crippen molar-refractivity contribution < 1.29 is 24.2 Å². The molecule has 0 bridgehead atoms. The topological polar surface area (TPSA) is 95.9 Å². The van der Waals surface area contributed by atoms with E-state index in [-0.39, 0.29) is 30.4 Å². The van der Waals surface area contributed by atoms with Crippen molar-refractivity contribution in [3.63, 3.8) is 0 Å². The van der Waals surface area contributed by atoms with E-state index < -0.39 is 12.1 Å². The summed E-state index contributed by atoms with van der Waals surface area (Å²) in [5.41, 5.74) is 4.69. The number of carboxylic acids is 1. The Morgan fingerprint density at radius 3 is 2.22 bits per heavy atom. The highest BCUT2D eigenvalue weighted by Crippen LogP contribution is 2.44. The standard InChI is InChI=1S/C25H28N2O5/c1-27(17-13-16(14-17)24(29)30)23(28)11-6-12-26-25(31)32-15-22-20-9-4-2-7-18(20)19-8-3-5-10-21(19)22/h2-5,7-10,16-17,22H,6,11-15H2,1H3,(H,26,31)(H,29,30). The Hall–Kier alpha value is -3.35. The van der Waals surface area contributed by atoms with E-state index in [4.69, 9.17) is 9.84 Å². The molecule has 0 atom stereocenters. The molecule has 7 nitrogen and oxygen atoms in total. The minimum Gasteiger partial charge on any atom is -0.481 e. The zero-order valence-electron chi connectivity index (χ0n) is 18.1. The van der Waals surface area contributed by atoms with Gasteiger partial charge in [0.2, 0.25) is 5.91 Å². The molecule has 2 aromatic carbocycles. The molecule has 168 valence electrons. The van der Waals surface area contributed by atoms with Gasteiger partial charge in [0, 0.05) is 32.0 Å². The third-order valence-electron chi connectivity index (χ3n) is 6.58. The van der Waals surface area contributed by atoms with Gasteiger partial charge in [-0.1, -0.05) is 48.5 Å². The number of hydrogen-bond acceptors (Lipinski definition) is 4. The first-order valence-corrected chi connectivity index (χ1v) is 11.0. The number of hydrogen-bond donors (Lipinski definition) is 2. The Labute approximate surface area is 187 Å². The van der Waals surface area contributed by atoms with E-state index >= 15 is 0 Å². The number of nitrogens with one attached hydrogen (secondary N) is 1. The van der Waals surface area contributed by atoms with E-state index in [1.54, 1.807) is 11.9 Å². The van der Waals surface area contributed by atoms with Gasteiger partial charge in [0.1, 0.15) is 6.61 Å². The van der Waals surface area contributed by atoms with Crippen LogP contribution in [0.15, 0.2) is 48.5 Å². The van der Waals surface area contributed by atoms with Gasteiger partial charge < -0.3 is 20.1 Å². The van der Waals surface area contributed by atoms with E-state index in [2.05, 4.69) is 29.6 Å². The molecule has 1 fully saturated rings. The fourth-order valence-corrected chi connectivity index (χ4v) is 4.57. The van der Waals surface area contributed by atoms with Crippen LogP contribution in [-0.4, -0.2) is 54.2 Å². The molecule has 2 aliphatic rings. The van der Waals surface area contributed by atoms with Gasteiger partial charge >= 0.3 is 12.1 Å². The number of carbonyl (C=O) groups is 3. The van der Waals surface area contributed by atoms with Crippen LogP contribution in [0.25, 0.3) is 11.1 Å². The number of carboxylic acid groups (broad SMARTS) is 1. The van der Waals surface area contributed by atoms with Crippen LogP contribution in [-0.2, 0) is 14.3 Å². The molecule has 0 radical (unpaired) electrons. The van der Waals surface area contributed by atoms with Crippen molar-refractivity contribution in [2.75, 3.05) is 20.2 Å². The Morgan fingerprint density at radius 2 is 1.62 bits per heavy atom. The normalized spacial score (nSPS) is 18.8. The molecule has 0 saturated heterocycles. The SMILES string of the molecule is CN(C(=O)CCCNC(=O)OCC1c2ccccc2-c2ccccc21)C1CC(C(=O)O)C1. The quantitative estimate of drug-likeness (QED) is 0.616. The van der Waals surface area contributed by atoms with Crippen molar-refractivity contribution in [1.82, 2.24) is 10.2 Å². The zero-order chi connectivity index (χ0) is 22.7. The number of benzene rings is 2. The van der Waals surface area contributed by atoms with Gasteiger partial charge in [-0.15, -0.1) is 0 Å². The van der Waals surface area contributed by atoms with Crippen molar-refractivity contribution in [3.05, 3.63) is 59.7 Å². The molecule has 4 rings (SSSR count). The molecular weight excluding hydrogens is 408 g/mol. The maximum atomic E-state index is 12.3. The van der Waals surface area contributed by atoms with Crippen LogP contribution >= 0.6 is 0 Å². The Kier molecular flexibility index (Phi) is 6.44. The zero-order valence-corrected chi connectivity index (χ0v) is 18.1. The number of alkyl carbamates (subject to hydrolysis) is 1. The second kappa shape index (κ2) is 9.42. The van der Waals surface area contributed by atoms with Crippen LogP contribution in [0.4, 0.5) is 4.79 Å². The van der Waals surface area contributed by atoms with Crippen LogP contribution in [0.2, 0.25) is 0 Å². The monoisotopic (exact) mass is 436 g/mol. The number of nitrogens with zero attached hydrogens (tertiary/aromatic N) is 1. The lowest BCUT2D eigenvalue weighted by Crippen LogP contribution is -2.47. The average Bonchev–Trinajstić information content (AvgIpc) is 3.07. The Bertz CT molecular complexity index is 969. The van der Waals surface area contributed by atoms with Crippen molar-refractivity contribution in [3.8, 4) is 11.1 Å². The lowest BCUT2D eigenvalue weighted by atomic mass is 9.79. The van der Waals surface area contributed by atoms with Gasteiger partial charge in [0.05, 0.1) is 5.92 Å². The highest BCUT2D eigenvalue weighted by molar-refractivity contribution is 5.79. The number of rotatable bonds is 8. The van der Waals surface area contributed by atoms with Crippen molar-refractivity contribution in [1.29, 1.82) is 0 Å². The van der Waals surface area contributed by atoms with Gasteiger partial charge in [-0.05, 0) is 41.5 Å². The largest absolute Gasteiger partial charge is 0.481 e. The smallest absolute Gasteiger partial charge is 0.407 e. The summed E-state index contributed by atoms with van der Waals surface area (Å²) in [7, 11) is 1.71. The molecule has 0 aromatic heterocycles. The summed E-state index contributed by atoms with van der Waals surface area (Å²) in [5, 5.41) is 11.7. The number of aliphatic carboxylic acids is 1. The molecule has 0 heterocycles. The number of amides is 2. The second-order valence-corrected chi connectivity index (χ2v) is 8.52. The lowest BCUT2D eigenvalue weighted by molar-refractivity contribution is -0.150. The molecule has 2 N–H and O–H groups in total. The maximum Gasteiger partial charge on any atom is 0.407 e. The second-order valence-electron chi connectivity index (χ2n) is 8.52. The van der Waals surface area contributed by atoms with E-state index in [1.165, 1.54) is 11.1 Å². The van der Waals surface area contributed by atoms with Crippen LogP contribution in [0.3, 0.4) is 0 Å². The summed E-state index contributed by atoms with van der Waals surface area (Å²) in [4.78, 5) is 37.0. The van der Waals surface area contributed by atoms with Gasteiger partial charge in [-0.3, -0.25) is 9.59 Å². The lowest BCUT2D eigenvalue weighted by Gasteiger charge is -2.39. The van der Waals surface area contributed by atoms with Crippen molar-refractivity contribution in [2.24, 2.45) is 5.92 Å². The van der Waals surface area contributed by atoms with E-state index in [0.29, 0.717) is 32.2 Å². The molecule has 2 aliphatic carbocycles. The molecule has 0 unspecified atom stereocenters. The highest BCUT2D eigenvalue weighted by Gasteiger charge is 2.38. The van der Waals surface area contributed by atoms with Crippen LogP contribution < -0.4 is 5.32 Å². The van der Waals surface area contributed by atoms with Crippen LogP contribution in [0.5, 0.6) is 0 Å². The fourth-order valence-electron chi connectivity index (χ4n) is 4.57. The molecular formula is C25H28N2O5. The molecule has 2 amide bonds. The third-order valence-corrected chi connectivity index (χ3v) is 6.58. The summed E-state index contributed by atoms with van der Waals surface area (Å²) < 4.78 is 5.49. The van der Waals surface area contributed by atoms with Gasteiger partial charge in [-0.25, -0.2) is 4.79 Å². The van der Waals surface area contributed by atoms with E-state index in [1.807, 2.05) is 24.3 Å². The summed E-state index contributed by atoms with van der Waals surface area (Å²) in [6, 6.07) is 16.3. The molecule has 0 aliphatic heterocycles. The summed E-state index contributed by atoms with van der Waals surface area (Å²) in [6.07, 6.45) is 1.33. The van der Waals surface area contributed by atoms with Crippen LogP contribution in [0.1, 0.15) is 42.7 Å². The first-order chi connectivity index (χ1) is 15.5. The summed E-state index contributed by atoms with van der Waals surface area (Å²) >= 11 is 0. The fraction of sp³-hybridized carbons (Fsp3) is 0.400. The minimum atomic E-state index is -0.797. The number of ether oxygens (including phenoxy) is 1. The summed E-state index contributed by atoms with van der Waals surface area (Å²) in [5.74, 6) is -1.16. The molecule has 7 heteroatoms. The first-order valence-electron chi connectivity index (χ1n) is 11.0. The van der Waals surface area contributed by atoms with Gasteiger partial charge in [-0.2, -0.15) is 0 Å². The average molecular weight is 437 g/mol.